The van der Waals surface area contributed by atoms with E-state index in [-0.39, 0.29) is 12.2 Å². The lowest BCUT2D eigenvalue weighted by Gasteiger charge is -2.36. The molecule has 21 heavy (non-hydrogen) atoms. The molecule has 0 saturated carbocycles. The summed E-state index contributed by atoms with van der Waals surface area (Å²) in [6, 6.07) is 0. The first-order valence-electron chi connectivity index (χ1n) is 7.69. The zero-order valence-electron chi connectivity index (χ0n) is 15.4. The summed E-state index contributed by atoms with van der Waals surface area (Å²) < 4.78 is 30.0. The molecule has 0 fully saturated rings. The topological polar surface area (TPSA) is 46.2 Å². The van der Waals surface area contributed by atoms with Gasteiger partial charge in [0.2, 0.25) is 0 Å². The summed E-state index contributed by atoms with van der Waals surface area (Å²) >= 11 is 0. The summed E-state index contributed by atoms with van der Waals surface area (Å²) in [5.41, 5.74) is 0. The van der Waals surface area contributed by atoms with Gasteiger partial charge in [0, 0.05) is 12.2 Å². The zero-order chi connectivity index (χ0) is 16.8. The van der Waals surface area contributed by atoms with Crippen LogP contribution in [-0.2, 0) is 21.2 Å². The zero-order valence-corrected chi connectivity index (χ0v) is 19.7. The van der Waals surface area contributed by atoms with Crippen LogP contribution in [0.25, 0.3) is 0 Å². The molecule has 0 radical (unpaired) electrons. The van der Waals surface area contributed by atoms with Gasteiger partial charge in [-0.25, -0.2) is 0 Å². The molecule has 0 amide bonds. The summed E-state index contributed by atoms with van der Waals surface area (Å²) in [5, 5.41) is 0. The summed E-state index contributed by atoms with van der Waals surface area (Å²) in [6.07, 6.45) is 0.398. The predicted molar refractivity (Wildman–Crippen MR) is 96.7 cm³/mol. The molecule has 128 valence electrons. The van der Waals surface area contributed by atoms with Crippen molar-refractivity contribution in [1.29, 1.82) is 0 Å². The van der Waals surface area contributed by atoms with E-state index < -0.39 is 35.7 Å². The Bertz CT molecular complexity index is 271. The fraction of sp³-hybridized carbons (Fsp3) is 1.00. The van der Waals surface area contributed by atoms with Gasteiger partial charge in [-0.2, -0.15) is 0 Å². The first-order valence-corrected chi connectivity index (χ1v) is 17.5. The minimum absolute atomic E-state index is 0.199. The minimum Gasteiger partial charge on any atom is -0.418 e. The standard InChI is InChI=1S/C12H34O5Si4/c1-11(2)13-18(5)15-20(7,8)17-21(9,10)16-19(6)14-12(3)4/h11-12,18-19H,1-10H3. The van der Waals surface area contributed by atoms with E-state index >= 15 is 0 Å². The van der Waals surface area contributed by atoms with Crippen molar-refractivity contribution in [3.05, 3.63) is 0 Å². The van der Waals surface area contributed by atoms with Crippen LogP contribution in [0.5, 0.6) is 0 Å². The van der Waals surface area contributed by atoms with Crippen LogP contribution < -0.4 is 0 Å². The van der Waals surface area contributed by atoms with E-state index in [4.69, 9.17) is 21.2 Å². The van der Waals surface area contributed by atoms with Gasteiger partial charge in [-0.05, 0) is 67.0 Å². The lowest BCUT2D eigenvalue weighted by Crippen LogP contribution is -2.53. The molecule has 2 atom stereocenters. The Morgan fingerprint density at radius 1 is 0.667 bits per heavy atom. The van der Waals surface area contributed by atoms with Gasteiger partial charge in [-0.1, -0.05) is 0 Å². The van der Waals surface area contributed by atoms with Crippen LogP contribution in [0.2, 0.25) is 39.3 Å². The van der Waals surface area contributed by atoms with Gasteiger partial charge >= 0.3 is 35.7 Å². The number of rotatable bonds is 10. The Morgan fingerprint density at radius 2 is 0.952 bits per heavy atom. The second-order valence-electron chi connectivity index (χ2n) is 6.64. The van der Waals surface area contributed by atoms with Gasteiger partial charge < -0.3 is 21.2 Å². The highest BCUT2D eigenvalue weighted by atomic mass is 28.5. The molecular weight excluding hydrogens is 336 g/mol. The molecule has 0 saturated heterocycles. The van der Waals surface area contributed by atoms with Crippen molar-refractivity contribution in [1.82, 2.24) is 0 Å². The second kappa shape index (κ2) is 9.08. The molecule has 0 aromatic rings. The van der Waals surface area contributed by atoms with E-state index in [1.807, 2.05) is 40.8 Å². The molecule has 0 aliphatic carbocycles. The number of hydrogen-bond acceptors (Lipinski definition) is 5. The third-order valence-corrected chi connectivity index (χ3v) is 15.3. The summed E-state index contributed by atoms with van der Waals surface area (Å²) in [5.74, 6) is 0. The molecule has 0 aliphatic heterocycles. The lowest BCUT2D eigenvalue weighted by atomic mass is 10.5. The van der Waals surface area contributed by atoms with Crippen LogP contribution in [0, 0.1) is 0 Å². The van der Waals surface area contributed by atoms with Crippen molar-refractivity contribution in [3.8, 4) is 0 Å². The van der Waals surface area contributed by atoms with Crippen molar-refractivity contribution >= 4 is 35.7 Å². The lowest BCUT2D eigenvalue weighted by molar-refractivity contribution is 0.185. The van der Waals surface area contributed by atoms with Gasteiger partial charge in [0.1, 0.15) is 0 Å². The van der Waals surface area contributed by atoms with Gasteiger partial charge in [0.05, 0.1) is 0 Å². The van der Waals surface area contributed by atoms with E-state index in [0.717, 1.165) is 0 Å². The highest BCUT2D eigenvalue weighted by Crippen LogP contribution is 2.19. The average molecular weight is 371 g/mol. The van der Waals surface area contributed by atoms with Crippen LogP contribution in [0.15, 0.2) is 0 Å². The van der Waals surface area contributed by atoms with Crippen molar-refractivity contribution in [2.45, 2.75) is 79.2 Å². The molecule has 9 heteroatoms. The van der Waals surface area contributed by atoms with E-state index in [9.17, 15) is 0 Å². The molecule has 0 N–H and O–H groups in total. The molecule has 5 nitrogen and oxygen atoms in total. The molecule has 0 heterocycles. The normalized spacial score (nSPS) is 16.6. The third kappa shape index (κ3) is 11.8. The van der Waals surface area contributed by atoms with E-state index in [2.05, 4.69) is 26.2 Å². The van der Waals surface area contributed by atoms with Crippen LogP contribution >= 0.6 is 0 Å². The van der Waals surface area contributed by atoms with Crippen molar-refractivity contribution < 1.29 is 21.2 Å². The first-order chi connectivity index (χ1) is 9.33. The van der Waals surface area contributed by atoms with Crippen LogP contribution in [0.1, 0.15) is 27.7 Å². The maximum absolute atomic E-state index is 6.27. The SMILES string of the molecule is CC(C)O[SiH](C)O[Si](C)(C)O[Si](C)(C)O[SiH](C)OC(C)C. The van der Waals surface area contributed by atoms with Gasteiger partial charge in [0.15, 0.2) is 0 Å². The summed E-state index contributed by atoms with van der Waals surface area (Å²) in [6.45, 7) is 20.5. The molecule has 2 unspecified atom stereocenters. The van der Waals surface area contributed by atoms with Gasteiger partial charge in [-0.3, -0.25) is 0 Å². The van der Waals surface area contributed by atoms with E-state index in [0.29, 0.717) is 0 Å². The molecule has 0 aromatic heterocycles. The second-order valence-corrected chi connectivity index (χ2v) is 17.8. The maximum Gasteiger partial charge on any atom is 0.313 e. The van der Waals surface area contributed by atoms with Crippen LogP contribution in [-0.4, -0.2) is 47.9 Å². The van der Waals surface area contributed by atoms with Crippen LogP contribution in [0.4, 0.5) is 0 Å². The highest BCUT2D eigenvalue weighted by Gasteiger charge is 2.39. The van der Waals surface area contributed by atoms with E-state index in [1.54, 1.807) is 0 Å². The molecule has 0 aromatic carbocycles. The fourth-order valence-corrected chi connectivity index (χ4v) is 16.6. The molecule has 0 bridgehead atoms. The Labute approximate surface area is 136 Å². The minimum atomic E-state index is -2.24. The number of hydrogen-bond donors (Lipinski definition) is 0. The van der Waals surface area contributed by atoms with E-state index in [1.165, 1.54) is 0 Å². The Morgan fingerprint density at radius 3 is 1.19 bits per heavy atom. The molecular formula is C12H34O5Si4. The third-order valence-electron chi connectivity index (χ3n) is 2.32. The smallest absolute Gasteiger partial charge is 0.313 e. The largest absolute Gasteiger partial charge is 0.418 e. The molecule has 0 aliphatic rings. The van der Waals surface area contributed by atoms with Crippen molar-refractivity contribution in [2.24, 2.45) is 0 Å². The average Bonchev–Trinajstić information content (AvgIpc) is 2.07. The van der Waals surface area contributed by atoms with Gasteiger partial charge in [-0.15, -0.1) is 0 Å². The predicted octanol–water partition coefficient (Wildman–Crippen LogP) is 2.99. The fourth-order valence-electron chi connectivity index (χ4n) is 2.26. The Hall–Kier alpha value is 0.668. The van der Waals surface area contributed by atoms with Gasteiger partial charge in [0.25, 0.3) is 0 Å². The summed E-state index contributed by atoms with van der Waals surface area (Å²) in [4.78, 5) is 0. The van der Waals surface area contributed by atoms with Crippen LogP contribution in [0.3, 0.4) is 0 Å². The Balaban J connectivity index is 4.45. The first kappa shape index (κ1) is 21.7. The molecule has 0 rings (SSSR count). The summed E-state index contributed by atoms with van der Waals surface area (Å²) in [7, 11) is -7.77. The highest BCUT2D eigenvalue weighted by molar-refractivity contribution is 6.83. The quantitative estimate of drug-likeness (QED) is 0.553. The molecule has 0 spiro atoms. The van der Waals surface area contributed by atoms with Crippen molar-refractivity contribution in [3.63, 3.8) is 0 Å². The monoisotopic (exact) mass is 370 g/mol. The van der Waals surface area contributed by atoms with Crippen molar-refractivity contribution in [2.75, 3.05) is 0 Å². The maximum atomic E-state index is 6.27. The Kier molecular flexibility index (Phi) is 9.37.